The molecule has 1 aromatic carbocycles. The molecule has 0 unspecified atom stereocenters. The Morgan fingerprint density at radius 2 is 1.75 bits per heavy atom. The van der Waals surface area contributed by atoms with Crippen LogP contribution in [0.15, 0.2) is 18.2 Å². The fourth-order valence-electron chi connectivity index (χ4n) is 1.26. The van der Waals surface area contributed by atoms with Crippen molar-refractivity contribution >= 4 is 19.0 Å². The van der Waals surface area contributed by atoms with E-state index in [1.165, 1.54) is 0 Å². The van der Waals surface area contributed by atoms with E-state index >= 15 is 0 Å². The summed E-state index contributed by atoms with van der Waals surface area (Å²) in [5.41, 5.74) is 13.2. The van der Waals surface area contributed by atoms with E-state index in [-0.39, 0.29) is 6.61 Å². The van der Waals surface area contributed by atoms with Crippen LogP contribution >= 0.6 is 7.60 Å². The third-order valence-electron chi connectivity index (χ3n) is 1.83. The molecule has 0 radical (unpaired) electrons. The predicted octanol–water partition coefficient (Wildman–Crippen LogP) is 0.545. The number of benzene rings is 1. The largest absolute Gasteiger partial charge is 0.399 e. The summed E-state index contributed by atoms with van der Waals surface area (Å²) in [5.74, 6) is 0. The second-order valence-electron chi connectivity index (χ2n) is 3.46. The summed E-state index contributed by atoms with van der Waals surface area (Å²) in [6.45, 7) is 0.216. The van der Waals surface area contributed by atoms with Crippen molar-refractivity contribution in [3.05, 3.63) is 23.8 Å². The normalized spacial score (nSPS) is 11.6. The maximum atomic E-state index is 10.5. The molecule has 6 nitrogen and oxygen atoms in total. The van der Waals surface area contributed by atoms with Gasteiger partial charge in [-0.1, -0.05) is 0 Å². The van der Waals surface area contributed by atoms with Crippen LogP contribution in [0.3, 0.4) is 0 Å². The molecule has 0 aliphatic rings. The summed E-state index contributed by atoms with van der Waals surface area (Å²) in [6, 6.07) is 5.13. The molecular formula is C9H15N2O4P. The number of anilines is 2. The van der Waals surface area contributed by atoms with Crippen LogP contribution in [0.1, 0.15) is 5.56 Å². The van der Waals surface area contributed by atoms with E-state index in [0.29, 0.717) is 17.8 Å². The van der Waals surface area contributed by atoms with Gasteiger partial charge in [-0.25, -0.2) is 0 Å². The predicted molar refractivity (Wildman–Crippen MR) is 61.8 cm³/mol. The second kappa shape index (κ2) is 5.32. The zero-order chi connectivity index (χ0) is 12.2. The first-order chi connectivity index (χ1) is 7.37. The highest BCUT2D eigenvalue weighted by molar-refractivity contribution is 7.51. The molecule has 0 aliphatic carbocycles. The Morgan fingerprint density at radius 1 is 1.19 bits per heavy atom. The van der Waals surface area contributed by atoms with Crippen LogP contribution in [0, 0.1) is 0 Å². The standard InChI is InChI=1S/C9H15N2O4P/c10-8-3-7(4-9(11)5-8)1-2-15-6-16(12,13)14/h3-5H,1-2,6,10-11H2,(H2,12,13,14). The number of rotatable bonds is 5. The van der Waals surface area contributed by atoms with E-state index in [9.17, 15) is 4.57 Å². The molecule has 0 saturated heterocycles. The van der Waals surface area contributed by atoms with Gasteiger partial charge in [-0.3, -0.25) is 4.57 Å². The first-order valence-electron chi connectivity index (χ1n) is 4.64. The minimum absolute atomic E-state index is 0.216. The molecule has 0 heterocycles. The lowest BCUT2D eigenvalue weighted by atomic mass is 10.1. The first kappa shape index (κ1) is 13.0. The first-order valence-corrected chi connectivity index (χ1v) is 6.44. The zero-order valence-corrected chi connectivity index (χ0v) is 9.56. The zero-order valence-electron chi connectivity index (χ0n) is 8.67. The molecule has 16 heavy (non-hydrogen) atoms. The van der Waals surface area contributed by atoms with E-state index in [0.717, 1.165) is 5.56 Å². The molecule has 6 N–H and O–H groups in total. The topological polar surface area (TPSA) is 119 Å². The number of ether oxygens (including phenoxy) is 1. The molecule has 1 rings (SSSR count). The Balaban J connectivity index is 2.40. The van der Waals surface area contributed by atoms with Gasteiger partial charge in [0.05, 0.1) is 6.61 Å². The Hall–Kier alpha value is -1.07. The van der Waals surface area contributed by atoms with E-state index in [1.807, 2.05) is 0 Å². The minimum Gasteiger partial charge on any atom is -0.399 e. The molecule has 0 spiro atoms. The quantitative estimate of drug-likeness (QED) is 0.342. The summed E-state index contributed by atoms with van der Waals surface area (Å²) in [7, 11) is -4.08. The highest BCUT2D eigenvalue weighted by Gasteiger charge is 2.12. The van der Waals surface area contributed by atoms with Crippen molar-refractivity contribution in [2.24, 2.45) is 0 Å². The summed E-state index contributed by atoms with van der Waals surface area (Å²) < 4.78 is 15.3. The van der Waals surface area contributed by atoms with Crippen LogP contribution in [-0.4, -0.2) is 22.7 Å². The van der Waals surface area contributed by atoms with Gasteiger partial charge in [0.2, 0.25) is 0 Å². The average Bonchev–Trinajstić information content (AvgIpc) is 2.09. The van der Waals surface area contributed by atoms with Gasteiger partial charge in [-0.15, -0.1) is 0 Å². The van der Waals surface area contributed by atoms with Crippen molar-refractivity contribution in [3.63, 3.8) is 0 Å². The molecule has 7 heteroatoms. The number of hydrogen-bond donors (Lipinski definition) is 4. The van der Waals surface area contributed by atoms with Crippen LogP contribution in [-0.2, 0) is 15.7 Å². The van der Waals surface area contributed by atoms with Crippen LogP contribution in [0.4, 0.5) is 11.4 Å². The van der Waals surface area contributed by atoms with Crippen molar-refractivity contribution in [3.8, 4) is 0 Å². The van der Waals surface area contributed by atoms with Crippen LogP contribution < -0.4 is 11.5 Å². The van der Waals surface area contributed by atoms with Gasteiger partial charge in [0.25, 0.3) is 0 Å². The highest BCUT2D eigenvalue weighted by Crippen LogP contribution is 2.33. The molecule has 0 bridgehead atoms. The number of nitrogen functional groups attached to an aromatic ring is 2. The summed E-state index contributed by atoms with van der Waals surface area (Å²) in [4.78, 5) is 17.1. The SMILES string of the molecule is Nc1cc(N)cc(CCOCP(=O)(O)O)c1. The average molecular weight is 246 g/mol. The number of nitrogens with two attached hydrogens (primary N) is 2. The van der Waals surface area contributed by atoms with Crippen molar-refractivity contribution in [1.29, 1.82) is 0 Å². The van der Waals surface area contributed by atoms with Gasteiger partial charge < -0.3 is 26.0 Å². The fourth-order valence-corrected chi connectivity index (χ4v) is 1.63. The van der Waals surface area contributed by atoms with Crippen LogP contribution in [0.5, 0.6) is 0 Å². The van der Waals surface area contributed by atoms with Gasteiger partial charge in [0, 0.05) is 11.4 Å². The van der Waals surface area contributed by atoms with Crippen molar-refractivity contribution < 1.29 is 19.1 Å². The fraction of sp³-hybridized carbons (Fsp3) is 0.333. The highest BCUT2D eigenvalue weighted by atomic mass is 31.2. The van der Waals surface area contributed by atoms with Gasteiger partial charge in [0.15, 0.2) is 0 Å². The van der Waals surface area contributed by atoms with E-state index in [1.54, 1.807) is 18.2 Å². The summed E-state index contributed by atoms with van der Waals surface area (Å²) >= 11 is 0. The van der Waals surface area contributed by atoms with Crippen molar-refractivity contribution in [2.45, 2.75) is 6.42 Å². The molecule has 0 atom stereocenters. The molecule has 0 aliphatic heterocycles. The second-order valence-corrected chi connectivity index (χ2v) is 5.05. The molecular weight excluding hydrogens is 231 g/mol. The van der Waals surface area contributed by atoms with E-state index in [2.05, 4.69) is 0 Å². The molecule has 1 aromatic rings. The van der Waals surface area contributed by atoms with Gasteiger partial charge in [-0.2, -0.15) is 0 Å². The van der Waals surface area contributed by atoms with E-state index in [4.69, 9.17) is 26.0 Å². The lowest BCUT2D eigenvalue weighted by Gasteiger charge is -2.07. The third-order valence-corrected chi connectivity index (χ3v) is 2.35. The Kier molecular flexibility index (Phi) is 4.32. The smallest absolute Gasteiger partial charge is 0.350 e. The van der Waals surface area contributed by atoms with E-state index < -0.39 is 13.9 Å². The Bertz CT molecular complexity index is 384. The van der Waals surface area contributed by atoms with Crippen LogP contribution in [0.2, 0.25) is 0 Å². The van der Waals surface area contributed by atoms with Crippen molar-refractivity contribution in [2.75, 3.05) is 24.4 Å². The lowest BCUT2D eigenvalue weighted by Crippen LogP contribution is -2.02. The third kappa shape index (κ3) is 5.14. The summed E-state index contributed by atoms with van der Waals surface area (Å²) in [6.07, 6.45) is -0.0555. The Morgan fingerprint density at radius 3 is 2.25 bits per heavy atom. The van der Waals surface area contributed by atoms with Crippen molar-refractivity contribution in [1.82, 2.24) is 0 Å². The number of hydrogen-bond acceptors (Lipinski definition) is 4. The molecule has 0 aromatic heterocycles. The Labute approximate surface area is 93.4 Å². The van der Waals surface area contributed by atoms with Gasteiger partial charge in [-0.05, 0) is 30.2 Å². The summed E-state index contributed by atoms with van der Waals surface area (Å²) in [5, 5.41) is 0. The lowest BCUT2D eigenvalue weighted by molar-refractivity contribution is 0.160. The molecule has 0 fully saturated rings. The minimum atomic E-state index is -4.08. The van der Waals surface area contributed by atoms with Crippen LogP contribution in [0.25, 0.3) is 0 Å². The van der Waals surface area contributed by atoms with Gasteiger partial charge in [0.1, 0.15) is 6.35 Å². The maximum absolute atomic E-state index is 10.5. The molecule has 0 saturated carbocycles. The van der Waals surface area contributed by atoms with Gasteiger partial charge >= 0.3 is 7.60 Å². The molecule has 0 amide bonds. The monoisotopic (exact) mass is 246 g/mol. The molecule has 90 valence electrons. The maximum Gasteiger partial charge on any atom is 0.350 e.